The molecule has 0 aliphatic heterocycles. The number of hydrogen-bond acceptors (Lipinski definition) is 3. The highest BCUT2D eigenvalue weighted by molar-refractivity contribution is 5.56. The molecule has 0 spiro atoms. The zero-order valence-corrected chi connectivity index (χ0v) is 11.9. The van der Waals surface area contributed by atoms with E-state index in [9.17, 15) is 9.50 Å². The normalized spacial score (nSPS) is 12.9. The first-order valence-electron chi connectivity index (χ1n) is 6.17. The van der Waals surface area contributed by atoms with Crippen molar-refractivity contribution in [3.63, 3.8) is 0 Å². The zero-order chi connectivity index (χ0) is 13.9. The van der Waals surface area contributed by atoms with Crippen molar-refractivity contribution in [1.82, 2.24) is 4.90 Å². The molecule has 0 bridgehead atoms. The minimum atomic E-state index is -0.670. The van der Waals surface area contributed by atoms with Gasteiger partial charge in [-0.15, -0.1) is 0 Å². The fraction of sp³-hybridized carbons (Fsp3) is 0.571. The van der Waals surface area contributed by atoms with E-state index in [1.165, 1.54) is 6.07 Å². The number of anilines is 1. The minimum Gasteiger partial charge on any atom is -0.389 e. The highest BCUT2D eigenvalue weighted by atomic mass is 19.1. The Hall–Kier alpha value is -1.13. The topological polar surface area (TPSA) is 26.7 Å². The van der Waals surface area contributed by atoms with Gasteiger partial charge in [-0.25, -0.2) is 4.39 Å². The number of aryl methyl sites for hydroxylation is 1. The third-order valence-corrected chi connectivity index (χ3v) is 3.05. The Morgan fingerprint density at radius 2 is 1.83 bits per heavy atom. The number of rotatable bonds is 5. The molecule has 0 amide bonds. The van der Waals surface area contributed by atoms with E-state index >= 15 is 0 Å². The molecular formula is C14H23FN2O. The lowest BCUT2D eigenvalue weighted by molar-refractivity contribution is 0.199. The van der Waals surface area contributed by atoms with Crippen molar-refractivity contribution in [1.29, 1.82) is 0 Å². The van der Waals surface area contributed by atoms with Gasteiger partial charge in [0.25, 0.3) is 0 Å². The van der Waals surface area contributed by atoms with Crippen LogP contribution >= 0.6 is 0 Å². The van der Waals surface area contributed by atoms with Gasteiger partial charge in [0.05, 0.1) is 6.10 Å². The second kappa shape index (κ2) is 6.16. The number of nitrogens with zero attached hydrogens (tertiary/aromatic N) is 2. The molecule has 1 rings (SSSR count). The van der Waals surface area contributed by atoms with Crippen LogP contribution in [0.2, 0.25) is 0 Å². The van der Waals surface area contributed by atoms with Crippen molar-refractivity contribution < 1.29 is 9.50 Å². The second-order valence-electron chi connectivity index (χ2n) is 5.06. The van der Waals surface area contributed by atoms with E-state index in [1.54, 1.807) is 19.9 Å². The summed E-state index contributed by atoms with van der Waals surface area (Å²) in [6, 6.07) is 3.23. The molecular weight excluding hydrogens is 231 g/mol. The van der Waals surface area contributed by atoms with Crippen molar-refractivity contribution in [2.75, 3.05) is 39.1 Å². The first-order chi connectivity index (χ1) is 8.32. The standard InChI is InChI=1S/C14H23FN2O/c1-10-8-14(17(5)7-6-16(3)4)12(11(2)18)9-13(10)15/h8-9,11,18H,6-7H2,1-5H3/t11-/m0/s1. The summed E-state index contributed by atoms with van der Waals surface area (Å²) < 4.78 is 13.6. The fourth-order valence-corrected chi connectivity index (χ4v) is 1.82. The van der Waals surface area contributed by atoms with Crippen molar-refractivity contribution in [2.45, 2.75) is 20.0 Å². The zero-order valence-electron chi connectivity index (χ0n) is 11.9. The van der Waals surface area contributed by atoms with Crippen LogP contribution < -0.4 is 4.90 Å². The van der Waals surface area contributed by atoms with E-state index in [1.807, 2.05) is 21.1 Å². The van der Waals surface area contributed by atoms with Gasteiger partial charge in [-0.2, -0.15) is 0 Å². The average molecular weight is 254 g/mol. The van der Waals surface area contributed by atoms with E-state index in [-0.39, 0.29) is 5.82 Å². The smallest absolute Gasteiger partial charge is 0.126 e. The lowest BCUT2D eigenvalue weighted by Gasteiger charge is -2.25. The summed E-state index contributed by atoms with van der Waals surface area (Å²) in [4.78, 5) is 4.14. The molecule has 3 nitrogen and oxygen atoms in total. The molecule has 0 unspecified atom stereocenters. The van der Waals surface area contributed by atoms with Crippen molar-refractivity contribution >= 4 is 5.69 Å². The predicted molar refractivity (Wildman–Crippen MR) is 73.6 cm³/mol. The Bertz CT molecular complexity index is 405. The maximum absolute atomic E-state index is 13.6. The quantitative estimate of drug-likeness (QED) is 0.872. The van der Waals surface area contributed by atoms with Gasteiger partial charge in [0.2, 0.25) is 0 Å². The molecule has 0 heterocycles. The highest BCUT2D eigenvalue weighted by Gasteiger charge is 2.14. The van der Waals surface area contributed by atoms with Gasteiger partial charge < -0.3 is 14.9 Å². The number of benzene rings is 1. The molecule has 0 aliphatic carbocycles. The van der Waals surface area contributed by atoms with Crippen molar-refractivity contribution in [3.05, 3.63) is 29.1 Å². The molecule has 0 saturated heterocycles. The second-order valence-corrected chi connectivity index (χ2v) is 5.06. The Labute approximate surface area is 109 Å². The first-order valence-corrected chi connectivity index (χ1v) is 6.17. The Balaban J connectivity index is 3.02. The van der Waals surface area contributed by atoms with Crippen LogP contribution in [0.1, 0.15) is 24.2 Å². The number of hydrogen-bond donors (Lipinski definition) is 1. The van der Waals surface area contributed by atoms with Gasteiger partial charge in [-0.1, -0.05) is 0 Å². The van der Waals surface area contributed by atoms with Crippen LogP contribution in [0, 0.1) is 12.7 Å². The van der Waals surface area contributed by atoms with E-state index < -0.39 is 6.10 Å². The molecule has 102 valence electrons. The number of halogens is 1. The fourth-order valence-electron chi connectivity index (χ4n) is 1.82. The maximum atomic E-state index is 13.6. The highest BCUT2D eigenvalue weighted by Crippen LogP contribution is 2.28. The summed E-state index contributed by atoms with van der Waals surface area (Å²) in [7, 11) is 5.99. The third kappa shape index (κ3) is 3.68. The van der Waals surface area contributed by atoms with E-state index in [0.29, 0.717) is 11.1 Å². The molecule has 0 aliphatic rings. The Kier molecular flexibility index (Phi) is 5.11. The summed E-state index contributed by atoms with van der Waals surface area (Å²) in [5, 5.41) is 9.74. The number of aliphatic hydroxyl groups excluding tert-OH is 1. The van der Waals surface area contributed by atoms with Crippen molar-refractivity contribution in [3.8, 4) is 0 Å². The molecule has 18 heavy (non-hydrogen) atoms. The first kappa shape index (κ1) is 14.9. The van der Waals surface area contributed by atoms with Gasteiger partial charge in [0, 0.05) is 31.4 Å². The minimum absolute atomic E-state index is 0.268. The SMILES string of the molecule is Cc1cc(N(C)CCN(C)C)c([C@H](C)O)cc1F. The Morgan fingerprint density at radius 3 is 2.33 bits per heavy atom. The lowest BCUT2D eigenvalue weighted by Crippen LogP contribution is -2.29. The molecule has 1 aromatic rings. The Morgan fingerprint density at radius 1 is 1.22 bits per heavy atom. The molecule has 0 aromatic heterocycles. The molecule has 4 heteroatoms. The molecule has 1 N–H and O–H groups in total. The van der Waals surface area contributed by atoms with Gasteiger partial charge in [-0.3, -0.25) is 0 Å². The van der Waals surface area contributed by atoms with Crippen LogP contribution in [0.25, 0.3) is 0 Å². The van der Waals surface area contributed by atoms with Gasteiger partial charge >= 0.3 is 0 Å². The van der Waals surface area contributed by atoms with Crippen LogP contribution in [-0.2, 0) is 0 Å². The molecule has 1 aromatic carbocycles. The number of likely N-dealkylation sites (N-methyl/N-ethyl adjacent to an activating group) is 2. The van der Waals surface area contributed by atoms with E-state index in [2.05, 4.69) is 9.80 Å². The third-order valence-electron chi connectivity index (χ3n) is 3.05. The summed E-state index contributed by atoms with van der Waals surface area (Å²) in [6.07, 6.45) is -0.670. The van der Waals surface area contributed by atoms with Crippen molar-refractivity contribution in [2.24, 2.45) is 0 Å². The van der Waals surface area contributed by atoms with Crippen LogP contribution in [-0.4, -0.2) is 44.2 Å². The maximum Gasteiger partial charge on any atom is 0.126 e. The summed E-state index contributed by atoms with van der Waals surface area (Å²) in [5.74, 6) is -0.268. The van der Waals surface area contributed by atoms with Crippen LogP contribution in [0.15, 0.2) is 12.1 Å². The van der Waals surface area contributed by atoms with E-state index in [4.69, 9.17) is 0 Å². The van der Waals surface area contributed by atoms with Gasteiger partial charge in [0.15, 0.2) is 0 Å². The van der Waals surface area contributed by atoms with Gasteiger partial charge in [-0.05, 0) is 45.6 Å². The average Bonchev–Trinajstić information content (AvgIpc) is 2.28. The molecule has 0 saturated carbocycles. The van der Waals surface area contributed by atoms with Crippen LogP contribution in [0.5, 0.6) is 0 Å². The predicted octanol–water partition coefficient (Wildman–Crippen LogP) is 2.19. The summed E-state index contributed by atoms with van der Waals surface area (Å²) in [5.41, 5.74) is 2.14. The van der Waals surface area contributed by atoms with Gasteiger partial charge in [0.1, 0.15) is 5.82 Å². The molecule has 1 atom stereocenters. The van der Waals surface area contributed by atoms with Crippen LogP contribution in [0.3, 0.4) is 0 Å². The lowest BCUT2D eigenvalue weighted by atomic mass is 10.0. The monoisotopic (exact) mass is 254 g/mol. The van der Waals surface area contributed by atoms with Crippen LogP contribution in [0.4, 0.5) is 10.1 Å². The molecule has 0 fully saturated rings. The largest absolute Gasteiger partial charge is 0.389 e. The number of aliphatic hydroxyl groups is 1. The summed E-state index contributed by atoms with van der Waals surface area (Å²) >= 11 is 0. The van der Waals surface area contributed by atoms with E-state index in [0.717, 1.165) is 18.8 Å². The molecule has 0 radical (unpaired) electrons. The summed E-state index contributed by atoms with van der Waals surface area (Å²) in [6.45, 7) is 5.14.